The lowest BCUT2D eigenvalue weighted by molar-refractivity contribution is 0.192. The molecule has 2 unspecified atom stereocenters. The Labute approximate surface area is 204 Å². The first-order chi connectivity index (χ1) is 17.1. The Balaban J connectivity index is 1.13. The van der Waals surface area contributed by atoms with Crippen molar-refractivity contribution in [3.05, 3.63) is 90.0 Å². The fraction of sp³-hybridized carbons (Fsp3) is 0.310. The van der Waals surface area contributed by atoms with Crippen LogP contribution in [0.4, 0.5) is 20.2 Å². The molecule has 3 aromatic carbocycles. The van der Waals surface area contributed by atoms with Crippen molar-refractivity contribution in [3.8, 4) is 5.88 Å². The highest BCUT2D eigenvalue weighted by Gasteiger charge is 2.42. The zero-order chi connectivity index (χ0) is 23.9. The molecule has 3 heterocycles. The Bertz CT molecular complexity index is 1350. The average Bonchev–Trinajstić information content (AvgIpc) is 3.36. The number of para-hydroxylation sites is 1. The highest BCUT2D eigenvalue weighted by Crippen LogP contribution is 2.48. The molecule has 1 N–H and O–H groups in total. The van der Waals surface area contributed by atoms with Gasteiger partial charge in [-0.25, -0.2) is 8.78 Å². The second-order valence-electron chi connectivity index (χ2n) is 9.73. The van der Waals surface area contributed by atoms with Gasteiger partial charge in [-0.05, 0) is 79.9 Å². The number of piperidine rings is 1. The van der Waals surface area contributed by atoms with Gasteiger partial charge in [-0.2, -0.15) is 0 Å². The molecule has 4 aromatic rings. The summed E-state index contributed by atoms with van der Waals surface area (Å²) < 4.78 is 29.8. The predicted molar refractivity (Wildman–Crippen MR) is 135 cm³/mol. The van der Waals surface area contributed by atoms with E-state index in [9.17, 15) is 13.9 Å². The number of anilines is 2. The van der Waals surface area contributed by atoms with E-state index in [1.807, 2.05) is 53.1 Å². The van der Waals surface area contributed by atoms with Crippen LogP contribution in [0.2, 0.25) is 0 Å². The van der Waals surface area contributed by atoms with Crippen LogP contribution >= 0.6 is 0 Å². The van der Waals surface area contributed by atoms with Crippen LogP contribution in [0.15, 0.2) is 72.8 Å². The number of aromatic hydroxyl groups is 1. The van der Waals surface area contributed by atoms with E-state index < -0.39 is 0 Å². The van der Waals surface area contributed by atoms with Crippen LogP contribution in [0.5, 0.6) is 5.88 Å². The summed E-state index contributed by atoms with van der Waals surface area (Å²) in [4.78, 5) is 4.76. The summed E-state index contributed by atoms with van der Waals surface area (Å²) in [6, 6.07) is 21.8. The molecular weight excluding hydrogens is 444 g/mol. The van der Waals surface area contributed by atoms with Crippen molar-refractivity contribution in [2.45, 2.75) is 37.8 Å². The van der Waals surface area contributed by atoms with Crippen LogP contribution in [0.3, 0.4) is 0 Å². The highest BCUT2D eigenvalue weighted by atomic mass is 19.1. The number of aryl methyl sites for hydroxylation is 1. The molecule has 0 spiro atoms. The molecule has 2 aliphatic heterocycles. The van der Waals surface area contributed by atoms with Crippen LogP contribution in [-0.2, 0) is 6.54 Å². The summed E-state index contributed by atoms with van der Waals surface area (Å²) in [5.74, 6) is 0.0774. The molecule has 0 saturated carbocycles. The number of hydrogen-bond acceptors (Lipinski definition) is 3. The summed E-state index contributed by atoms with van der Waals surface area (Å²) in [6.07, 6.45) is 2.98. The third-order valence-corrected chi connectivity index (χ3v) is 7.64. The van der Waals surface area contributed by atoms with Crippen LogP contribution in [0.1, 0.15) is 30.7 Å². The quantitative estimate of drug-likeness (QED) is 0.328. The normalized spacial score (nSPS) is 19.8. The van der Waals surface area contributed by atoms with Gasteiger partial charge in [0.2, 0.25) is 0 Å². The van der Waals surface area contributed by atoms with Crippen LogP contribution in [0.25, 0.3) is 10.9 Å². The molecule has 35 heavy (non-hydrogen) atoms. The molecule has 0 amide bonds. The maximum absolute atomic E-state index is 14.2. The van der Waals surface area contributed by atoms with Crippen molar-refractivity contribution >= 4 is 22.3 Å². The molecule has 4 nitrogen and oxygen atoms in total. The first kappa shape index (κ1) is 22.1. The number of fused-ring (bicyclic) bond motifs is 4. The molecule has 2 aliphatic rings. The fourth-order valence-corrected chi connectivity index (χ4v) is 6.01. The van der Waals surface area contributed by atoms with E-state index in [2.05, 4.69) is 9.80 Å². The van der Waals surface area contributed by atoms with Gasteiger partial charge in [-0.1, -0.05) is 18.2 Å². The lowest BCUT2D eigenvalue weighted by Gasteiger charge is -2.39. The number of hydrogen-bond donors (Lipinski definition) is 1. The summed E-state index contributed by atoms with van der Waals surface area (Å²) >= 11 is 0. The van der Waals surface area contributed by atoms with Crippen molar-refractivity contribution in [3.63, 3.8) is 0 Å². The number of halogens is 2. The van der Waals surface area contributed by atoms with Crippen LogP contribution < -0.4 is 4.90 Å². The molecule has 0 bridgehead atoms. The zero-order valence-corrected chi connectivity index (χ0v) is 19.6. The SMILES string of the molecule is Oc1cc2ccccc2n1CCCCN1CCC2C(C1)c1cc(F)ccc1N2c1ccc(F)cc1. The van der Waals surface area contributed by atoms with E-state index in [0.29, 0.717) is 5.88 Å². The van der Waals surface area contributed by atoms with Gasteiger partial charge in [0.1, 0.15) is 11.6 Å². The maximum Gasteiger partial charge on any atom is 0.192 e. The van der Waals surface area contributed by atoms with Crippen molar-refractivity contribution in [2.75, 3.05) is 24.5 Å². The fourth-order valence-electron chi connectivity index (χ4n) is 6.01. The van der Waals surface area contributed by atoms with Gasteiger partial charge in [0.05, 0.1) is 5.52 Å². The number of benzene rings is 3. The van der Waals surface area contributed by atoms with Gasteiger partial charge in [0.25, 0.3) is 0 Å². The molecule has 1 saturated heterocycles. The van der Waals surface area contributed by atoms with Crippen LogP contribution in [0, 0.1) is 11.6 Å². The van der Waals surface area contributed by atoms with E-state index in [-0.39, 0.29) is 23.6 Å². The zero-order valence-electron chi connectivity index (χ0n) is 19.6. The standard InChI is InChI=1S/C29H29F2N3O/c30-21-7-10-23(11-8-21)34-27-12-9-22(31)18-24(27)25-19-32(16-13-28(25)34)14-3-4-15-33-26-6-2-1-5-20(26)17-29(33)35/h1-2,5-12,17-18,25,28,35H,3-4,13-16,19H2. The molecule has 180 valence electrons. The molecule has 2 atom stereocenters. The maximum atomic E-state index is 14.2. The number of unbranched alkanes of at least 4 members (excludes halogenated alkanes) is 1. The number of rotatable bonds is 6. The highest BCUT2D eigenvalue weighted by molar-refractivity contribution is 5.82. The molecule has 6 heteroatoms. The largest absolute Gasteiger partial charge is 0.494 e. The first-order valence-electron chi connectivity index (χ1n) is 12.4. The second-order valence-corrected chi connectivity index (χ2v) is 9.73. The Morgan fingerprint density at radius 3 is 2.49 bits per heavy atom. The minimum atomic E-state index is -0.250. The van der Waals surface area contributed by atoms with E-state index in [1.54, 1.807) is 6.07 Å². The Hall–Kier alpha value is -3.38. The van der Waals surface area contributed by atoms with E-state index in [0.717, 1.165) is 73.3 Å². The molecule has 0 radical (unpaired) electrons. The van der Waals surface area contributed by atoms with Gasteiger partial charge in [0, 0.05) is 54.4 Å². The van der Waals surface area contributed by atoms with E-state index in [1.165, 1.54) is 18.2 Å². The van der Waals surface area contributed by atoms with Crippen molar-refractivity contribution in [2.24, 2.45) is 0 Å². The van der Waals surface area contributed by atoms with Crippen molar-refractivity contribution in [1.82, 2.24) is 9.47 Å². The lowest BCUT2D eigenvalue weighted by Crippen LogP contribution is -2.45. The van der Waals surface area contributed by atoms with E-state index in [4.69, 9.17) is 0 Å². The lowest BCUT2D eigenvalue weighted by atomic mass is 9.89. The average molecular weight is 474 g/mol. The Morgan fingerprint density at radius 1 is 0.857 bits per heavy atom. The third-order valence-electron chi connectivity index (χ3n) is 7.64. The molecular formula is C29H29F2N3O. The van der Waals surface area contributed by atoms with Gasteiger partial charge < -0.3 is 19.5 Å². The van der Waals surface area contributed by atoms with Gasteiger partial charge in [-0.15, -0.1) is 0 Å². The molecule has 6 rings (SSSR count). The third kappa shape index (κ3) is 4.06. The predicted octanol–water partition coefficient (Wildman–Crippen LogP) is 6.42. The van der Waals surface area contributed by atoms with Crippen LogP contribution in [-0.4, -0.2) is 40.2 Å². The summed E-state index contributed by atoms with van der Waals surface area (Å²) in [5, 5.41) is 11.4. The first-order valence-corrected chi connectivity index (χ1v) is 12.4. The summed E-state index contributed by atoms with van der Waals surface area (Å²) in [7, 11) is 0. The molecule has 1 fully saturated rings. The van der Waals surface area contributed by atoms with Crippen molar-refractivity contribution < 1.29 is 13.9 Å². The topological polar surface area (TPSA) is 31.6 Å². The summed E-state index contributed by atoms with van der Waals surface area (Å²) in [5.41, 5.74) is 4.10. The van der Waals surface area contributed by atoms with Crippen molar-refractivity contribution in [1.29, 1.82) is 0 Å². The smallest absolute Gasteiger partial charge is 0.192 e. The summed E-state index contributed by atoms with van der Waals surface area (Å²) in [6.45, 7) is 3.62. The van der Waals surface area contributed by atoms with Gasteiger partial charge >= 0.3 is 0 Å². The van der Waals surface area contributed by atoms with Gasteiger partial charge in [-0.3, -0.25) is 0 Å². The molecule has 1 aromatic heterocycles. The number of likely N-dealkylation sites (tertiary alicyclic amines) is 1. The monoisotopic (exact) mass is 473 g/mol. The Morgan fingerprint density at radius 2 is 1.63 bits per heavy atom. The number of aromatic nitrogens is 1. The minimum absolute atomic E-state index is 0.209. The number of nitrogens with zero attached hydrogens (tertiary/aromatic N) is 3. The molecule has 0 aliphatic carbocycles. The van der Waals surface area contributed by atoms with Gasteiger partial charge in [0.15, 0.2) is 5.88 Å². The second kappa shape index (κ2) is 9.00. The van der Waals surface area contributed by atoms with E-state index >= 15 is 0 Å². The minimum Gasteiger partial charge on any atom is -0.494 e. The Kier molecular flexibility index (Phi) is 5.69.